The molecule has 53 heavy (non-hydrogen) atoms. The minimum Gasteiger partial charge on any atom is -0.492 e. The highest BCUT2D eigenvalue weighted by Crippen LogP contribution is 2.39. The molecular formula is C43H43FN4O5. The van der Waals surface area contributed by atoms with Crippen LogP contribution >= 0.6 is 0 Å². The molecule has 9 nitrogen and oxygen atoms in total. The van der Waals surface area contributed by atoms with Crippen LogP contribution in [0.1, 0.15) is 49.3 Å². The second kappa shape index (κ2) is 14.8. The SMILES string of the molecule is Cc1ccc2cc1OCCN(Cc1ccccc1)CCOc1cc(F)ccc1-c1cccc(c1)-c1cc3nc(C)c([C@H](OC(C)(C)C)C(=O)O)c-2n3n1. The van der Waals surface area contributed by atoms with Gasteiger partial charge in [0, 0.05) is 59.7 Å². The zero-order valence-corrected chi connectivity index (χ0v) is 30.6. The molecule has 0 aliphatic carbocycles. The average Bonchev–Trinajstić information content (AvgIpc) is 3.54. The molecule has 0 saturated carbocycles. The van der Waals surface area contributed by atoms with Gasteiger partial charge in [0.05, 0.1) is 17.0 Å². The van der Waals surface area contributed by atoms with Crippen molar-refractivity contribution < 1.29 is 28.5 Å². The highest BCUT2D eigenvalue weighted by atomic mass is 19.1. The van der Waals surface area contributed by atoms with Crippen LogP contribution in [0.2, 0.25) is 0 Å². The lowest BCUT2D eigenvalue weighted by Crippen LogP contribution is -2.32. The molecule has 0 amide bonds. The van der Waals surface area contributed by atoms with Crippen LogP contribution < -0.4 is 9.47 Å². The molecule has 1 atom stereocenters. The summed E-state index contributed by atoms with van der Waals surface area (Å²) in [4.78, 5) is 20.1. The zero-order valence-electron chi connectivity index (χ0n) is 30.6. The highest BCUT2D eigenvalue weighted by molar-refractivity contribution is 5.82. The molecule has 0 spiro atoms. The number of nitrogens with zero attached hydrogens (tertiary/aromatic N) is 4. The van der Waals surface area contributed by atoms with Gasteiger partial charge >= 0.3 is 5.97 Å². The number of ether oxygens (including phenoxy) is 3. The number of benzene rings is 4. The molecule has 0 fully saturated rings. The molecule has 1 aliphatic rings. The molecule has 1 N–H and O–H groups in total. The van der Waals surface area contributed by atoms with Crippen LogP contribution in [-0.4, -0.2) is 62.5 Å². The molecule has 272 valence electrons. The molecule has 0 unspecified atom stereocenters. The quantitative estimate of drug-likeness (QED) is 0.190. The lowest BCUT2D eigenvalue weighted by Gasteiger charge is -2.27. The van der Waals surface area contributed by atoms with Gasteiger partial charge in [0.1, 0.15) is 30.5 Å². The Hall–Kier alpha value is -5.58. The summed E-state index contributed by atoms with van der Waals surface area (Å²) < 4.78 is 35.4. The topological polar surface area (TPSA) is 98.4 Å². The van der Waals surface area contributed by atoms with Crippen LogP contribution in [0.3, 0.4) is 0 Å². The van der Waals surface area contributed by atoms with E-state index in [0.29, 0.717) is 78.2 Å². The fraction of sp³-hybridized carbons (Fsp3) is 0.279. The van der Waals surface area contributed by atoms with Crippen LogP contribution in [0.5, 0.6) is 11.5 Å². The Kier molecular flexibility index (Phi) is 10.0. The number of aryl methyl sites for hydroxylation is 2. The number of halogens is 1. The molecule has 2 aromatic heterocycles. The first kappa shape index (κ1) is 35.8. The molecule has 4 aromatic carbocycles. The third-order valence-corrected chi connectivity index (χ3v) is 9.24. The number of hydrogen-bond donors (Lipinski definition) is 1. The van der Waals surface area contributed by atoms with E-state index in [4.69, 9.17) is 24.3 Å². The van der Waals surface area contributed by atoms with Gasteiger partial charge in [0.2, 0.25) is 0 Å². The van der Waals surface area contributed by atoms with Crippen molar-refractivity contribution in [2.75, 3.05) is 26.3 Å². The van der Waals surface area contributed by atoms with E-state index in [1.165, 1.54) is 12.1 Å². The van der Waals surface area contributed by atoms with Gasteiger partial charge in [0.15, 0.2) is 11.8 Å². The van der Waals surface area contributed by atoms with E-state index in [2.05, 4.69) is 17.0 Å². The first-order valence-electron chi connectivity index (χ1n) is 17.8. The maximum atomic E-state index is 14.7. The second-order valence-electron chi connectivity index (χ2n) is 14.4. The molecule has 0 saturated heterocycles. The number of fused-ring (bicyclic) bond motifs is 9. The number of carbonyl (C=O) groups is 1. The van der Waals surface area contributed by atoms with Gasteiger partial charge < -0.3 is 19.3 Å². The maximum Gasteiger partial charge on any atom is 0.337 e. The summed E-state index contributed by atoms with van der Waals surface area (Å²) in [7, 11) is 0. The van der Waals surface area contributed by atoms with E-state index in [1.54, 1.807) is 17.5 Å². The lowest BCUT2D eigenvalue weighted by molar-refractivity contribution is -0.160. The number of aliphatic carboxylic acids is 1. The predicted molar refractivity (Wildman–Crippen MR) is 203 cm³/mol. The fourth-order valence-corrected chi connectivity index (χ4v) is 6.74. The Bertz CT molecular complexity index is 2280. The molecule has 6 bridgehead atoms. The van der Waals surface area contributed by atoms with Crippen LogP contribution in [0.25, 0.3) is 39.3 Å². The van der Waals surface area contributed by atoms with Crippen molar-refractivity contribution in [3.05, 3.63) is 125 Å². The largest absolute Gasteiger partial charge is 0.492 e. The van der Waals surface area contributed by atoms with Crippen molar-refractivity contribution in [3.63, 3.8) is 0 Å². The fourth-order valence-electron chi connectivity index (χ4n) is 6.74. The van der Waals surface area contributed by atoms with Gasteiger partial charge in [-0.15, -0.1) is 0 Å². The number of rotatable bonds is 5. The Morgan fingerprint density at radius 1 is 0.868 bits per heavy atom. The van der Waals surface area contributed by atoms with Crippen molar-refractivity contribution in [1.82, 2.24) is 19.5 Å². The molecule has 1 aliphatic heterocycles. The van der Waals surface area contributed by atoms with Gasteiger partial charge in [-0.25, -0.2) is 18.7 Å². The maximum absolute atomic E-state index is 14.7. The summed E-state index contributed by atoms with van der Waals surface area (Å²) in [5.41, 5.74) is 7.06. The Labute approximate surface area is 308 Å². The number of carboxylic acids is 1. The lowest BCUT2D eigenvalue weighted by atomic mass is 9.98. The minimum atomic E-state index is -1.33. The van der Waals surface area contributed by atoms with Gasteiger partial charge in [0.25, 0.3) is 0 Å². The first-order chi connectivity index (χ1) is 25.4. The monoisotopic (exact) mass is 714 g/mol. The van der Waals surface area contributed by atoms with Gasteiger partial charge in [-0.3, -0.25) is 4.90 Å². The van der Waals surface area contributed by atoms with Gasteiger partial charge in [-0.05, 0) is 75.6 Å². The Morgan fingerprint density at radius 2 is 1.60 bits per heavy atom. The van der Waals surface area contributed by atoms with Crippen molar-refractivity contribution in [1.29, 1.82) is 0 Å². The minimum absolute atomic E-state index is 0.334. The zero-order chi connectivity index (χ0) is 37.3. The molecule has 0 radical (unpaired) electrons. The van der Waals surface area contributed by atoms with Crippen molar-refractivity contribution >= 4 is 11.6 Å². The van der Waals surface area contributed by atoms with E-state index in [0.717, 1.165) is 27.8 Å². The molecule has 6 aromatic rings. The van der Waals surface area contributed by atoms with E-state index >= 15 is 0 Å². The summed E-state index contributed by atoms with van der Waals surface area (Å²) in [6.45, 7) is 11.8. The highest BCUT2D eigenvalue weighted by Gasteiger charge is 2.33. The number of carboxylic acid groups (broad SMARTS) is 1. The Balaban J connectivity index is 1.42. The standard InChI is InChI=1S/C43H43FN4O5/c1-27-14-15-32-23-36(27)51-20-18-47(26-29-10-7-6-8-11-29)19-21-52-37-24-33(44)16-17-34(37)30-12-9-13-31(22-30)35-25-38-45-28(2)39(40(32)48(38)46-35)41(42(49)50)53-43(3,4)5/h6-17,22-25,41H,18-21,26H2,1-5H3,(H,49,50)/t41-/m0/s1. The van der Waals surface area contributed by atoms with E-state index in [9.17, 15) is 14.3 Å². The van der Waals surface area contributed by atoms with Crippen LogP contribution in [0, 0.1) is 19.7 Å². The third-order valence-electron chi connectivity index (χ3n) is 9.24. The second-order valence-corrected chi connectivity index (χ2v) is 14.4. The summed E-state index contributed by atoms with van der Waals surface area (Å²) in [5, 5.41) is 15.6. The molecule has 10 heteroatoms. The smallest absolute Gasteiger partial charge is 0.337 e. The summed E-state index contributed by atoms with van der Waals surface area (Å²) in [6.07, 6.45) is -1.33. The third kappa shape index (κ3) is 7.94. The van der Waals surface area contributed by atoms with Crippen LogP contribution in [0.4, 0.5) is 4.39 Å². The summed E-state index contributed by atoms with van der Waals surface area (Å²) >= 11 is 0. The summed E-state index contributed by atoms with van der Waals surface area (Å²) in [6, 6.07) is 30.4. The predicted octanol–water partition coefficient (Wildman–Crippen LogP) is 8.70. The Morgan fingerprint density at radius 3 is 2.34 bits per heavy atom. The average molecular weight is 715 g/mol. The molecule has 7 rings (SSSR count). The van der Waals surface area contributed by atoms with E-state index < -0.39 is 17.7 Å². The molecule has 3 heterocycles. The normalized spacial score (nSPS) is 14.4. The number of hydrogen-bond acceptors (Lipinski definition) is 7. The first-order valence-corrected chi connectivity index (χ1v) is 17.8. The molecular weight excluding hydrogens is 671 g/mol. The van der Waals surface area contributed by atoms with E-state index in [-0.39, 0.29) is 5.82 Å². The van der Waals surface area contributed by atoms with Crippen LogP contribution in [0.15, 0.2) is 97.1 Å². The van der Waals surface area contributed by atoms with Crippen molar-refractivity contribution in [3.8, 4) is 45.1 Å². The van der Waals surface area contributed by atoms with Gasteiger partial charge in [-0.2, -0.15) is 5.10 Å². The van der Waals surface area contributed by atoms with Gasteiger partial charge in [-0.1, -0.05) is 60.7 Å². The van der Waals surface area contributed by atoms with Crippen LogP contribution in [-0.2, 0) is 16.1 Å². The van der Waals surface area contributed by atoms with E-state index in [1.807, 2.05) is 94.4 Å². The van der Waals surface area contributed by atoms with Crippen molar-refractivity contribution in [2.24, 2.45) is 0 Å². The van der Waals surface area contributed by atoms with Crippen molar-refractivity contribution in [2.45, 2.75) is 52.9 Å². The number of aromatic nitrogens is 3. The summed E-state index contributed by atoms with van der Waals surface area (Å²) in [5.74, 6) is -0.404.